The van der Waals surface area contributed by atoms with Gasteiger partial charge in [-0.25, -0.2) is 0 Å². The third-order valence-electron chi connectivity index (χ3n) is 14.6. The summed E-state index contributed by atoms with van der Waals surface area (Å²) in [5.41, 5.74) is 20.4. The van der Waals surface area contributed by atoms with Gasteiger partial charge in [-0.15, -0.1) is 0 Å². The highest BCUT2D eigenvalue weighted by atomic mass is 16.1. The van der Waals surface area contributed by atoms with Gasteiger partial charge in [0.2, 0.25) is 0 Å². The smallest absolute Gasteiger partial charge is 0.193 e. The van der Waals surface area contributed by atoms with Crippen LogP contribution in [0, 0.1) is 0 Å². The second-order valence-electron chi connectivity index (χ2n) is 19.3. The van der Waals surface area contributed by atoms with Crippen molar-refractivity contribution in [1.29, 1.82) is 0 Å². The zero-order chi connectivity index (χ0) is 52.8. The Morgan fingerprint density at radius 3 is 0.564 bits per heavy atom. The van der Waals surface area contributed by atoms with Crippen molar-refractivity contribution in [2.45, 2.75) is 0 Å². The monoisotopic (exact) mass is 998 g/mol. The van der Waals surface area contributed by atoms with E-state index in [9.17, 15) is 14.4 Å². The van der Waals surface area contributed by atoms with E-state index in [1.165, 1.54) is 0 Å². The summed E-state index contributed by atoms with van der Waals surface area (Å²) in [6.07, 6.45) is 0. The van der Waals surface area contributed by atoms with Gasteiger partial charge in [-0.3, -0.25) is 14.4 Å². The number of rotatable bonds is 14. The fourth-order valence-electron chi connectivity index (χ4n) is 10.7. The Balaban J connectivity index is 1.04. The standard InChI is InChI=1S/C75H50O3/c76-73(59-25-13-4-14-26-59)62-41-31-52(32-42-62)66-48-47-65(51-19-7-1-8-20-51)71(69(66)55-21-9-2-10-22-55)57-37-39-58(40-38-57)72-68(54-35-45-64(46-36-54)75(78)61-29-17-6-18-30-61)50-49-67(70(72)56-23-11-3-12-24-56)53-33-43-63(44-34-53)74(77)60-27-15-5-16-28-60/h1-50H. The van der Waals surface area contributed by atoms with Crippen molar-refractivity contribution in [3.63, 3.8) is 0 Å². The van der Waals surface area contributed by atoms with Gasteiger partial charge < -0.3 is 0 Å². The second kappa shape index (κ2) is 21.9. The van der Waals surface area contributed by atoms with Gasteiger partial charge in [-0.05, 0) is 89.0 Å². The molecule has 0 heterocycles. The van der Waals surface area contributed by atoms with Crippen molar-refractivity contribution in [3.8, 4) is 89.0 Å². The lowest BCUT2D eigenvalue weighted by molar-refractivity contribution is 0.103. The van der Waals surface area contributed by atoms with E-state index >= 15 is 0 Å². The van der Waals surface area contributed by atoms with Crippen LogP contribution in [0.3, 0.4) is 0 Å². The van der Waals surface area contributed by atoms with E-state index in [2.05, 4.69) is 146 Å². The first-order valence-corrected chi connectivity index (χ1v) is 26.2. The number of benzene rings is 12. The number of hydrogen-bond donors (Lipinski definition) is 0. The lowest BCUT2D eigenvalue weighted by Crippen LogP contribution is -2.01. The molecule has 0 aromatic heterocycles. The molecule has 0 aliphatic heterocycles. The normalized spacial score (nSPS) is 11.0. The van der Waals surface area contributed by atoms with Crippen LogP contribution in [-0.4, -0.2) is 17.3 Å². The first kappa shape index (κ1) is 48.6. The van der Waals surface area contributed by atoms with Crippen LogP contribution < -0.4 is 0 Å². The Morgan fingerprint density at radius 1 is 0.154 bits per heavy atom. The molecule has 3 nitrogen and oxygen atoms in total. The number of ketones is 3. The maximum absolute atomic E-state index is 13.7. The van der Waals surface area contributed by atoms with Crippen molar-refractivity contribution in [3.05, 3.63) is 337 Å². The predicted octanol–water partition coefficient (Wildman–Crippen LogP) is 18.7. The average Bonchev–Trinajstić information content (AvgIpc) is 3.54. The fraction of sp³-hybridized carbons (Fsp3) is 0. The van der Waals surface area contributed by atoms with Gasteiger partial charge in [0, 0.05) is 33.4 Å². The molecule has 0 saturated carbocycles. The van der Waals surface area contributed by atoms with Gasteiger partial charge in [0.1, 0.15) is 0 Å². The number of carbonyl (C=O) groups excluding carboxylic acids is 3. The van der Waals surface area contributed by atoms with Crippen LogP contribution >= 0.6 is 0 Å². The summed E-state index contributed by atoms with van der Waals surface area (Å²) < 4.78 is 0. The molecule has 0 aliphatic rings. The molecule has 12 rings (SSSR count). The lowest BCUT2D eigenvalue weighted by Gasteiger charge is -2.23. The topological polar surface area (TPSA) is 51.2 Å². The number of hydrogen-bond acceptors (Lipinski definition) is 3. The molecule has 0 fully saturated rings. The van der Waals surface area contributed by atoms with Crippen LogP contribution in [0.1, 0.15) is 47.8 Å². The summed E-state index contributed by atoms with van der Waals surface area (Å²) in [6, 6.07) is 101. The lowest BCUT2D eigenvalue weighted by atomic mass is 9.81. The molecule has 0 N–H and O–H groups in total. The van der Waals surface area contributed by atoms with Crippen molar-refractivity contribution in [2.24, 2.45) is 0 Å². The van der Waals surface area contributed by atoms with E-state index in [0.29, 0.717) is 33.4 Å². The van der Waals surface area contributed by atoms with Gasteiger partial charge in [-0.1, -0.05) is 303 Å². The predicted molar refractivity (Wildman–Crippen MR) is 320 cm³/mol. The molecule has 0 unspecified atom stereocenters. The minimum atomic E-state index is -0.0311. The molecular formula is C75H50O3. The van der Waals surface area contributed by atoms with Crippen LogP contribution in [0.15, 0.2) is 303 Å². The van der Waals surface area contributed by atoms with Crippen molar-refractivity contribution in [1.82, 2.24) is 0 Å². The van der Waals surface area contributed by atoms with Crippen LogP contribution in [0.2, 0.25) is 0 Å². The van der Waals surface area contributed by atoms with Crippen LogP contribution in [0.25, 0.3) is 89.0 Å². The largest absolute Gasteiger partial charge is 0.289 e. The zero-order valence-corrected chi connectivity index (χ0v) is 42.6. The van der Waals surface area contributed by atoms with E-state index < -0.39 is 0 Å². The van der Waals surface area contributed by atoms with Crippen LogP contribution in [0.5, 0.6) is 0 Å². The van der Waals surface area contributed by atoms with Gasteiger partial charge in [0.05, 0.1) is 0 Å². The third kappa shape index (κ3) is 9.76. The Bertz CT molecular complexity index is 4080. The Kier molecular flexibility index (Phi) is 13.6. The number of carbonyl (C=O) groups is 3. The van der Waals surface area contributed by atoms with Crippen molar-refractivity contribution < 1.29 is 14.4 Å². The highest BCUT2D eigenvalue weighted by Crippen LogP contribution is 2.49. The molecule has 0 atom stereocenters. The summed E-state index contributed by atoms with van der Waals surface area (Å²) in [5, 5.41) is 0. The quantitative estimate of drug-likeness (QED) is 0.102. The van der Waals surface area contributed by atoms with Gasteiger partial charge >= 0.3 is 0 Å². The van der Waals surface area contributed by atoms with Crippen molar-refractivity contribution in [2.75, 3.05) is 0 Å². The Labute approximate surface area is 455 Å². The first-order chi connectivity index (χ1) is 38.5. The first-order valence-electron chi connectivity index (χ1n) is 26.2. The molecule has 0 spiro atoms. The average molecular weight is 999 g/mol. The zero-order valence-electron chi connectivity index (χ0n) is 42.6. The Hall–Kier alpha value is -10.4. The highest BCUT2D eigenvalue weighted by molar-refractivity contribution is 6.12. The molecule has 12 aromatic carbocycles. The van der Waals surface area contributed by atoms with E-state index in [4.69, 9.17) is 0 Å². The second-order valence-corrected chi connectivity index (χ2v) is 19.3. The van der Waals surface area contributed by atoms with Crippen molar-refractivity contribution >= 4 is 17.3 Å². The van der Waals surface area contributed by atoms with Gasteiger partial charge in [0.25, 0.3) is 0 Å². The Morgan fingerprint density at radius 2 is 0.321 bits per heavy atom. The minimum absolute atomic E-state index is 0.0156. The molecule has 0 bridgehead atoms. The molecule has 12 aromatic rings. The minimum Gasteiger partial charge on any atom is -0.289 e. The summed E-state index contributed by atoms with van der Waals surface area (Å²) in [5.74, 6) is -0.0741. The summed E-state index contributed by atoms with van der Waals surface area (Å²) >= 11 is 0. The van der Waals surface area contributed by atoms with Gasteiger partial charge in [-0.2, -0.15) is 0 Å². The molecule has 0 radical (unpaired) electrons. The fourth-order valence-corrected chi connectivity index (χ4v) is 10.7. The molecule has 0 aliphatic carbocycles. The SMILES string of the molecule is O=C(c1ccccc1)c1ccc(-c2ccc(-c3ccccc3)c(-c3ccc(-c4c(-c5ccc(C(=O)c6ccccc6)cc5)ccc(-c5ccc(C(=O)c6ccccc6)cc5)c4-c4ccccc4)cc3)c2-c2ccccc2)cc1. The van der Waals surface area contributed by atoms with E-state index in [1.807, 2.05) is 158 Å². The van der Waals surface area contributed by atoms with E-state index in [0.717, 1.165) is 89.0 Å². The molecule has 0 amide bonds. The van der Waals surface area contributed by atoms with Crippen LogP contribution in [0.4, 0.5) is 0 Å². The highest BCUT2D eigenvalue weighted by Gasteiger charge is 2.24. The molecule has 0 saturated heterocycles. The molecule has 78 heavy (non-hydrogen) atoms. The summed E-state index contributed by atoms with van der Waals surface area (Å²) in [7, 11) is 0. The van der Waals surface area contributed by atoms with E-state index in [1.54, 1.807) is 0 Å². The third-order valence-corrected chi connectivity index (χ3v) is 14.6. The molecule has 3 heteroatoms. The molecule has 368 valence electrons. The molecular weight excluding hydrogens is 949 g/mol. The van der Waals surface area contributed by atoms with Gasteiger partial charge in [0.15, 0.2) is 17.3 Å². The maximum Gasteiger partial charge on any atom is 0.193 e. The van der Waals surface area contributed by atoms with E-state index in [-0.39, 0.29) is 17.3 Å². The summed E-state index contributed by atoms with van der Waals surface area (Å²) in [4.78, 5) is 40.9. The maximum atomic E-state index is 13.7. The summed E-state index contributed by atoms with van der Waals surface area (Å²) in [6.45, 7) is 0. The van der Waals surface area contributed by atoms with Crippen LogP contribution in [-0.2, 0) is 0 Å².